The molecule has 4 rings (SSSR count). The van der Waals surface area contributed by atoms with Crippen LogP contribution in [0.1, 0.15) is 29.4 Å². The van der Waals surface area contributed by atoms with Crippen LogP contribution in [0, 0.1) is 5.82 Å². The number of amides is 1. The molecule has 1 aliphatic heterocycles. The molecule has 0 aliphatic carbocycles. The van der Waals surface area contributed by atoms with E-state index in [0.717, 1.165) is 11.1 Å². The van der Waals surface area contributed by atoms with Crippen LogP contribution in [0.25, 0.3) is 0 Å². The molecule has 1 unspecified atom stereocenters. The highest BCUT2D eigenvalue weighted by atomic mass is 35.5. The maximum Gasteiger partial charge on any atom is 0.276 e. The topological polar surface area (TPSA) is 59.2 Å². The Morgan fingerprint density at radius 3 is 2.57 bits per heavy atom. The van der Waals surface area contributed by atoms with Gasteiger partial charge in [-0.15, -0.1) is 10.2 Å². The second kappa shape index (κ2) is 8.32. The van der Waals surface area contributed by atoms with E-state index < -0.39 is 0 Å². The van der Waals surface area contributed by atoms with Crippen molar-refractivity contribution < 1.29 is 13.6 Å². The van der Waals surface area contributed by atoms with Crippen LogP contribution in [0.2, 0.25) is 5.02 Å². The van der Waals surface area contributed by atoms with Crippen molar-refractivity contribution in [2.45, 2.75) is 29.9 Å². The van der Waals surface area contributed by atoms with Gasteiger partial charge in [0.05, 0.1) is 5.92 Å². The number of rotatable bonds is 6. The van der Waals surface area contributed by atoms with Gasteiger partial charge in [-0.2, -0.15) is 0 Å². The molecule has 0 bridgehead atoms. The minimum absolute atomic E-state index is 0.0682. The maximum atomic E-state index is 13.0. The van der Waals surface area contributed by atoms with Gasteiger partial charge in [0.15, 0.2) is 0 Å². The summed E-state index contributed by atoms with van der Waals surface area (Å²) in [5.41, 5.74) is 2.00. The molecule has 0 radical (unpaired) electrons. The lowest BCUT2D eigenvalue weighted by Crippen LogP contribution is -2.24. The number of halogens is 2. The number of benzene rings is 2. The second-order valence-corrected chi connectivity index (χ2v) is 7.99. The molecule has 28 heavy (non-hydrogen) atoms. The highest BCUT2D eigenvalue weighted by Gasteiger charge is 2.34. The molecule has 1 aromatic heterocycles. The van der Waals surface area contributed by atoms with E-state index in [1.165, 1.54) is 23.9 Å². The molecule has 0 spiro atoms. The molecule has 8 heteroatoms. The molecular formula is C20H17ClFN3O2S. The molecular weight excluding hydrogens is 401 g/mol. The van der Waals surface area contributed by atoms with Crippen molar-refractivity contribution in [3.8, 4) is 0 Å². The van der Waals surface area contributed by atoms with Crippen LogP contribution in [0.4, 0.5) is 4.39 Å². The number of thioether (sulfide) groups is 1. The number of hydrogen-bond acceptors (Lipinski definition) is 5. The molecule has 1 fully saturated rings. The predicted octanol–water partition coefficient (Wildman–Crippen LogP) is 4.67. The van der Waals surface area contributed by atoms with Gasteiger partial charge in [0.1, 0.15) is 5.82 Å². The summed E-state index contributed by atoms with van der Waals surface area (Å²) in [6, 6.07) is 13.8. The van der Waals surface area contributed by atoms with Gasteiger partial charge in [-0.1, -0.05) is 47.6 Å². The van der Waals surface area contributed by atoms with Crippen LogP contribution in [0.15, 0.2) is 58.2 Å². The van der Waals surface area contributed by atoms with E-state index in [1.54, 1.807) is 17.0 Å². The van der Waals surface area contributed by atoms with Crippen LogP contribution >= 0.6 is 23.4 Å². The van der Waals surface area contributed by atoms with E-state index in [9.17, 15) is 9.18 Å². The van der Waals surface area contributed by atoms with E-state index in [4.69, 9.17) is 16.0 Å². The zero-order chi connectivity index (χ0) is 19.5. The Bertz CT molecular complexity index is 962. The third-order valence-corrected chi connectivity index (χ3v) is 5.69. The number of nitrogens with zero attached hydrogens (tertiary/aromatic N) is 3. The summed E-state index contributed by atoms with van der Waals surface area (Å²) in [6.45, 7) is 1.08. The van der Waals surface area contributed by atoms with Crippen molar-refractivity contribution in [1.82, 2.24) is 15.1 Å². The number of likely N-dealkylation sites (tertiary alicyclic amines) is 1. The van der Waals surface area contributed by atoms with Crippen LogP contribution in [0.5, 0.6) is 0 Å². The van der Waals surface area contributed by atoms with Crippen molar-refractivity contribution in [2.24, 2.45) is 0 Å². The van der Waals surface area contributed by atoms with Crippen LogP contribution in [0.3, 0.4) is 0 Å². The van der Waals surface area contributed by atoms with Crippen molar-refractivity contribution in [3.05, 3.63) is 76.4 Å². The summed E-state index contributed by atoms with van der Waals surface area (Å²) >= 11 is 7.30. The van der Waals surface area contributed by atoms with Gasteiger partial charge in [0.2, 0.25) is 11.8 Å². The van der Waals surface area contributed by atoms with E-state index in [2.05, 4.69) is 10.2 Å². The first-order valence-electron chi connectivity index (χ1n) is 8.79. The van der Waals surface area contributed by atoms with Crippen LogP contribution in [-0.2, 0) is 17.1 Å². The normalized spacial score (nSPS) is 16.7. The average Bonchev–Trinajstić information content (AvgIpc) is 3.30. The van der Waals surface area contributed by atoms with Gasteiger partial charge >= 0.3 is 0 Å². The standard InChI is InChI=1S/C20H17ClFN3O2S/c21-16-5-1-13(2-6-16)10-25-11-15(9-18(25)26)19-23-24-20(27-19)28-12-14-3-7-17(22)8-4-14/h1-8,15H,9-12H2. The van der Waals surface area contributed by atoms with Crippen molar-refractivity contribution >= 4 is 29.3 Å². The zero-order valence-corrected chi connectivity index (χ0v) is 16.4. The molecule has 0 N–H and O–H groups in total. The Labute approximate surface area is 170 Å². The lowest BCUT2D eigenvalue weighted by molar-refractivity contribution is -0.128. The monoisotopic (exact) mass is 417 g/mol. The first-order chi connectivity index (χ1) is 13.6. The number of carbonyl (C=O) groups excluding carboxylic acids is 1. The average molecular weight is 418 g/mol. The van der Waals surface area contributed by atoms with Gasteiger partial charge in [-0.3, -0.25) is 4.79 Å². The highest BCUT2D eigenvalue weighted by molar-refractivity contribution is 7.98. The molecule has 2 aromatic carbocycles. The first-order valence-corrected chi connectivity index (χ1v) is 10.2. The fourth-order valence-electron chi connectivity index (χ4n) is 3.07. The van der Waals surface area contributed by atoms with E-state index in [-0.39, 0.29) is 17.6 Å². The minimum atomic E-state index is -0.261. The quantitative estimate of drug-likeness (QED) is 0.545. The van der Waals surface area contributed by atoms with E-state index in [0.29, 0.717) is 41.4 Å². The van der Waals surface area contributed by atoms with Gasteiger partial charge in [0, 0.05) is 30.3 Å². The molecule has 1 amide bonds. The van der Waals surface area contributed by atoms with Crippen LogP contribution in [-0.4, -0.2) is 27.5 Å². The Kier molecular flexibility index (Phi) is 5.64. The summed E-state index contributed by atoms with van der Waals surface area (Å²) in [5.74, 6) is 0.788. The first kappa shape index (κ1) is 19.0. The Morgan fingerprint density at radius 1 is 1.11 bits per heavy atom. The third-order valence-electron chi connectivity index (χ3n) is 4.55. The summed E-state index contributed by atoms with van der Waals surface area (Å²) in [7, 11) is 0. The fourth-order valence-corrected chi connectivity index (χ4v) is 3.92. The summed E-state index contributed by atoms with van der Waals surface area (Å²) in [6.07, 6.45) is 0.359. The van der Waals surface area contributed by atoms with Gasteiger partial charge in [-0.25, -0.2) is 4.39 Å². The van der Waals surface area contributed by atoms with E-state index >= 15 is 0 Å². The third kappa shape index (κ3) is 4.54. The molecule has 0 saturated carbocycles. The second-order valence-electron chi connectivity index (χ2n) is 6.62. The highest BCUT2D eigenvalue weighted by Crippen LogP contribution is 2.31. The molecule has 1 saturated heterocycles. The lowest BCUT2D eigenvalue weighted by atomic mass is 10.1. The Morgan fingerprint density at radius 2 is 1.82 bits per heavy atom. The fraction of sp³-hybridized carbons (Fsp3) is 0.250. The molecule has 5 nitrogen and oxygen atoms in total. The molecule has 1 aliphatic rings. The molecule has 144 valence electrons. The smallest absolute Gasteiger partial charge is 0.276 e. The summed E-state index contributed by atoms with van der Waals surface area (Å²) in [5, 5.41) is 9.30. The Balaban J connectivity index is 1.35. The number of aromatic nitrogens is 2. The van der Waals surface area contributed by atoms with E-state index in [1.807, 2.05) is 24.3 Å². The van der Waals surface area contributed by atoms with Crippen molar-refractivity contribution in [1.29, 1.82) is 0 Å². The van der Waals surface area contributed by atoms with Crippen molar-refractivity contribution in [3.63, 3.8) is 0 Å². The van der Waals surface area contributed by atoms with Gasteiger partial charge in [0.25, 0.3) is 5.22 Å². The predicted molar refractivity (Wildman–Crippen MR) is 104 cm³/mol. The number of hydrogen-bond donors (Lipinski definition) is 0. The zero-order valence-electron chi connectivity index (χ0n) is 14.8. The summed E-state index contributed by atoms with van der Waals surface area (Å²) in [4.78, 5) is 14.1. The molecule has 2 heterocycles. The van der Waals surface area contributed by atoms with Crippen LogP contribution < -0.4 is 0 Å². The molecule has 3 aromatic rings. The SMILES string of the molecule is O=C1CC(c2nnc(SCc3ccc(F)cc3)o2)CN1Cc1ccc(Cl)cc1. The van der Waals surface area contributed by atoms with Crippen molar-refractivity contribution in [2.75, 3.05) is 6.54 Å². The summed E-state index contributed by atoms with van der Waals surface area (Å²) < 4.78 is 18.7. The molecule has 1 atom stereocenters. The largest absolute Gasteiger partial charge is 0.416 e. The lowest BCUT2D eigenvalue weighted by Gasteiger charge is -2.16. The Hall–Kier alpha value is -2.38. The van der Waals surface area contributed by atoms with Gasteiger partial charge < -0.3 is 9.32 Å². The van der Waals surface area contributed by atoms with Gasteiger partial charge in [-0.05, 0) is 35.4 Å². The maximum absolute atomic E-state index is 13.0. The number of carbonyl (C=O) groups is 1. The minimum Gasteiger partial charge on any atom is -0.416 e.